The number of hydrogen-bond acceptors (Lipinski definition) is 3. The summed E-state index contributed by atoms with van der Waals surface area (Å²) in [5, 5.41) is 2.55. The molecule has 0 N–H and O–H groups in total. The van der Waals surface area contributed by atoms with E-state index in [1.165, 1.54) is 59.1 Å². The van der Waals surface area contributed by atoms with Crippen LogP contribution < -0.4 is 0 Å². The fourth-order valence-corrected chi connectivity index (χ4v) is 10.8. The van der Waals surface area contributed by atoms with Gasteiger partial charge in [0.25, 0.3) is 0 Å². The molecule has 0 amide bonds. The zero-order valence-electron chi connectivity index (χ0n) is 33.7. The molecule has 0 bridgehead atoms. The molecule has 1 aliphatic carbocycles. The van der Waals surface area contributed by atoms with Crippen LogP contribution >= 0.6 is 11.3 Å². The number of rotatable bonds is 7. The lowest BCUT2D eigenvalue weighted by molar-refractivity contribution is 0.768. The molecule has 3 heteroatoms. The number of fused-ring (bicyclic) bond motifs is 6. The average molecular weight is 807 g/mol. The van der Waals surface area contributed by atoms with Crippen LogP contribution in [-0.4, -0.2) is 9.97 Å². The minimum absolute atomic E-state index is 0.520. The Morgan fingerprint density at radius 2 is 0.871 bits per heavy atom. The topological polar surface area (TPSA) is 25.8 Å². The molecule has 2 heterocycles. The van der Waals surface area contributed by atoms with E-state index in [9.17, 15) is 0 Å². The Bertz CT molecular complexity index is 3410. The van der Waals surface area contributed by atoms with E-state index in [2.05, 4.69) is 224 Å². The minimum Gasteiger partial charge on any atom is -0.228 e. The van der Waals surface area contributed by atoms with Gasteiger partial charge in [0, 0.05) is 36.9 Å². The molecule has 11 aromatic rings. The monoisotopic (exact) mass is 806 g/mol. The number of thiophene rings is 1. The predicted molar refractivity (Wildman–Crippen MR) is 259 cm³/mol. The standard InChI is InChI=1S/C59H38N2S/c1-5-17-39(18-6-1)41-29-33-48(50(35-41)42-31-34-57-51(36-42)49-26-14-16-28-56(49)62-57)55-38-54(60-58(61-55)40-19-7-2-8-20-40)43-30-32-47-46-25-13-15-27-52(46)59(53(47)37-43,44-21-9-3-10-22-44)45-23-11-4-12-24-45/h1-38H. The van der Waals surface area contributed by atoms with Gasteiger partial charge in [-0.1, -0.05) is 194 Å². The van der Waals surface area contributed by atoms with Crippen molar-refractivity contribution in [3.63, 3.8) is 0 Å². The van der Waals surface area contributed by atoms with Crippen LogP contribution in [-0.2, 0) is 5.41 Å². The third-order valence-corrected chi connectivity index (χ3v) is 13.8. The second kappa shape index (κ2) is 14.8. The molecule has 1 aliphatic rings. The third kappa shape index (κ3) is 5.85. The molecule has 2 nitrogen and oxygen atoms in total. The first-order chi connectivity index (χ1) is 30.7. The molecule has 0 unspecified atom stereocenters. The van der Waals surface area contributed by atoms with E-state index < -0.39 is 5.41 Å². The molecule has 0 saturated heterocycles. The van der Waals surface area contributed by atoms with Crippen molar-refractivity contribution in [1.29, 1.82) is 0 Å². The molecule has 0 atom stereocenters. The Morgan fingerprint density at radius 1 is 0.306 bits per heavy atom. The summed E-state index contributed by atoms with van der Waals surface area (Å²) in [6.45, 7) is 0. The van der Waals surface area contributed by atoms with Crippen LogP contribution in [0.1, 0.15) is 22.3 Å². The average Bonchev–Trinajstić information content (AvgIpc) is 3.88. The van der Waals surface area contributed by atoms with Gasteiger partial charge in [0.05, 0.1) is 16.8 Å². The van der Waals surface area contributed by atoms with Gasteiger partial charge in [-0.2, -0.15) is 0 Å². The molecule has 0 fully saturated rings. The van der Waals surface area contributed by atoms with Crippen molar-refractivity contribution in [3.8, 4) is 67.3 Å². The Hall–Kier alpha value is -7.72. The Morgan fingerprint density at radius 3 is 1.63 bits per heavy atom. The van der Waals surface area contributed by atoms with Crippen LogP contribution in [0.3, 0.4) is 0 Å². The van der Waals surface area contributed by atoms with E-state index in [-0.39, 0.29) is 0 Å². The van der Waals surface area contributed by atoms with Gasteiger partial charge in [0.1, 0.15) is 0 Å². The van der Waals surface area contributed by atoms with E-state index in [4.69, 9.17) is 9.97 Å². The summed E-state index contributed by atoms with van der Waals surface area (Å²) in [4.78, 5) is 10.8. The highest BCUT2D eigenvalue weighted by molar-refractivity contribution is 7.25. The molecule has 12 rings (SSSR count). The van der Waals surface area contributed by atoms with Gasteiger partial charge in [0.15, 0.2) is 5.82 Å². The second-order valence-electron chi connectivity index (χ2n) is 16.1. The van der Waals surface area contributed by atoms with Crippen molar-refractivity contribution in [2.75, 3.05) is 0 Å². The summed E-state index contributed by atoms with van der Waals surface area (Å²) in [6.07, 6.45) is 0. The van der Waals surface area contributed by atoms with Gasteiger partial charge < -0.3 is 0 Å². The molecule has 0 radical (unpaired) electrons. The first-order valence-corrected chi connectivity index (χ1v) is 22.0. The normalized spacial score (nSPS) is 12.6. The Kier molecular flexibility index (Phi) is 8.62. The van der Waals surface area contributed by atoms with Crippen LogP contribution in [0.15, 0.2) is 231 Å². The third-order valence-electron chi connectivity index (χ3n) is 12.6. The van der Waals surface area contributed by atoms with E-state index in [1.54, 1.807) is 0 Å². The van der Waals surface area contributed by atoms with Crippen molar-refractivity contribution >= 4 is 31.5 Å². The molecule has 0 saturated carbocycles. The zero-order chi connectivity index (χ0) is 41.0. The molecule has 2 aromatic heterocycles. The lowest BCUT2D eigenvalue weighted by Gasteiger charge is -2.34. The number of aromatic nitrogens is 2. The molecular weight excluding hydrogens is 769 g/mol. The van der Waals surface area contributed by atoms with Gasteiger partial charge in [0.2, 0.25) is 0 Å². The van der Waals surface area contributed by atoms with Crippen molar-refractivity contribution < 1.29 is 0 Å². The van der Waals surface area contributed by atoms with E-state index in [0.29, 0.717) is 5.82 Å². The zero-order valence-corrected chi connectivity index (χ0v) is 34.6. The summed E-state index contributed by atoms with van der Waals surface area (Å²) < 4.78 is 2.58. The highest BCUT2D eigenvalue weighted by Gasteiger charge is 2.46. The highest BCUT2D eigenvalue weighted by atomic mass is 32.1. The van der Waals surface area contributed by atoms with Gasteiger partial charge in [-0.25, -0.2) is 9.97 Å². The minimum atomic E-state index is -0.520. The second-order valence-corrected chi connectivity index (χ2v) is 17.1. The summed E-state index contributed by atoms with van der Waals surface area (Å²) in [5.41, 5.74) is 16.4. The lowest BCUT2D eigenvalue weighted by atomic mass is 9.67. The van der Waals surface area contributed by atoms with Crippen molar-refractivity contribution in [2.45, 2.75) is 5.41 Å². The SMILES string of the molecule is c1ccc(-c2ccc(-c3cc(-c4ccc5c(c4)C(c4ccccc4)(c4ccccc4)c4ccccc4-5)nc(-c4ccccc4)n3)c(-c3ccc4sc5ccccc5c4c3)c2)cc1. The van der Waals surface area contributed by atoms with Gasteiger partial charge in [-0.15, -0.1) is 11.3 Å². The smallest absolute Gasteiger partial charge is 0.160 e. The molecule has 0 aliphatic heterocycles. The number of benzene rings is 9. The summed E-state index contributed by atoms with van der Waals surface area (Å²) in [6, 6.07) is 83.5. The lowest BCUT2D eigenvalue weighted by Crippen LogP contribution is -2.28. The fraction of sp³-hybridized carbons (Fsp3) is 0.0169. The van der Waals surface area contributed by atoms with E-state index in [0.717, 1.165) is 44.8 Å². The van der Waals surface area contributed by atoms with Crippen LogP contribution in [0.2, 0.25) is 0 Å². The summed E-state index contributed by atoms with van der Waals surface area (Å²) in [5.74, 6) is 0.691. The Balaban J connectivity index is 1.10. The van der Waals surface area contributed by atoms with Crippen LogP contribution in [0.5, 0.6) is 0 Å². The molecular formula is C59H38N2S. The maximum atomic E-state index is 5.41. The maximum Gasteiger partial charge on any atom is 0.160 e. The van der Waals surface area contributed by atoms with Crippen LogP contribution in [0.25, 0.3) is 87.5 Å². The van der Waals surface area contributed by atoms with Gasteiger partial charge in [-0.05, 0) is 92.0 Å². The quantitative estimate of drug-likeness (QED) is 0.160. The van der Waals surface area contributed by atoms with Gasteiger partial charge >= 0.3 is 0 Å². The molecule has 290 valence electrons. The van der Waals surface area contributed by atoms with Crippen molar-refractivity contribution in [1.82, 2.24) is 9.97 Å². The summed E-state index contributed by atoms with van der Waals surface area (Å²) in [7, 11) is 0. The van der Waals surface area contributed by atoms with Crippen molar-refractivity contribution in [3.05, 3.63) is 253 Å². The molecule has 62 heavy (non-hydrogen) atoms. The van der Waals surface area contributed by atoms with Crippen LogP contribution in [0, 0.1) is 0 Å². The Labute approximate surface area is 365 Å². The van der Waals surface area contributed by atoms with Crippen molar-refractivity contribution in [2.24, 2.45) is 0 Å². The first-order valence-electron chi connectivity index (χ1n) is 21.1. The molecule has 0 spiro atoms. The first kappa shape index (κ1) is 36.2. The fourth-order valence-electron chi connectivity index (χ4n) is 9.76. The highest BCUT2D eigenvalue weighted by Crippen LogP contribution is 2.56. The predicted octanol–water partition coefficient (Wildman–Crippen LogP) is 15.5. The number of hydrogen-bond donors (Lipinski definition) is 0. The summed E-state index contributed by atoms with van der Waals surface area (Å²) >= 11 is 1.85. The maximum absolute atomic E-state index is 5.41. The van der Waals surface area contributed by atoms with E-state index in [1.807, 2.05) is 17.4 Å². The van der Waals surface area contributed by atoms with Gasteiger partial charge in [-0.3, -0.25) is 0 Å². The molecule has 9 aromatic carbocycles. The van der Waals surface area contributed by atoms with E-state index >= 15 is 0 Å². The number of nitrogens with zero attached hydrogens (tertiary/aromatic N) is 2. The largest absolute Gasteiger partial charge is 0.228 e. The van der Waals surface area contributed by atoms with Crippen LogP contribution in [0.4, 0.5) is 0 Å².